The molecule has 0 saturated carbocycles. The SMILES string of the molecule is CNC(=O)N1CCC(C2CCN(C(=O)NC(C)(C)C)C2)CC1. The molecule has 0 spiro atoms. The Labute approximate surface area is 133 Å². The number of hydrogen-bond acceptors (Lipinski definition) is 2. The lowest BCUT2D eigenvalue weighted by Gasteiger charge is -2.34. The predicted molar refractivity (Wildman–Crippen MR) is 86.7 cm³/mol. The van der Waals surface area contributed by atoms with Crippen molar-refractivity contribution in [1.29, 1.82) is 0 Å². The molecule has 0 radical (unpaired) electrons. The van der Waals surface area contributed by atoms with E-state index in [2.05, 4.69) is 10.6 Å². The predicted octanol–water partition coefficient (Wildman–Crippen LogP) is 1.87. The molecule has 1 atom stereocenters. The van der Waals surface area contributed by atoms with Crippen LogP contribution < -0.4 is 10.6 Å². The summed E-state index contributed by atoms with van der Waals surface area (Å²) in [5, 5.41) is 5.73. The molecule has 2 saturated heterocycles. The van der Waals surface area contributed by atoms with Gasteiger partial charge in [-0.25, -0.2) is 9.59 Å². The van der Waals surface area contributed by atoms with E-state index in [-0.39, 0.29) is 17.6 Å². The van der Waals surface area contributed by atoms with Crippen molar-refractivity contribution >= 4 is 12.1 Å². The van der Waals surface area contributed by atoms with Gasteiger partial charge in [-0.2, -0.15) is 0 Å². The number of nitrogens with one attached hydrogen (secondary N) is 2. The maximum absolute atomic E-state index is 12.2. The third-order valence-electron chi connectivity index (χ3n) is 4.70. The third-order valence-corrected chi connectivity index (χ3v) is 4.70. The van der Waals surface area contributed by atoms with Gasteiger partial charge in [-0.15, -0.1) is 0 Å². The average Bonchev–Trinajstić information content (AvgIpc) is 2.95. The minimum absolute atomic E-state index is 0.0241. The topological polar surface area (TPSA) is 64.7 Å². The fraction of sp³-hybridized carbons (Fsp3) is 0.875. The van der Waals surface area contributed by atoms with Crippen LogP contribution >= 0.6 is 0 Å². The summed E-state index contributed by atoms with van der Waals surface area (Å²) in [6.45, 7) is 9.38. The molecular formula is C16H30N4O2. The first-order valence-electron chi connectivity index (χ1n) is 8.34. The zero-order valence-electron chi connectivity index (χ0n) is 14.3. The third kappa shape index (κ3) is 4.27. The zero-order chi connectivity index (χ0) is 16.3. The number of urea groups is 2. The van der Waals surface area contributed by atoms with Gasteiger partial charge in [0.2, 0.25) is 0 Å². The van der Waals surface area contributed by atoms with E-state index in [0.717, 1.165) is 45.4 Å². The number of rotatable bonds is 1. The molecule has 6 heteroatoms. The molecule has 2 aliphatic rings. The molecule has 0 aromatic rings. The minimum atomic E-state index is -0.186. The summed E-state index contributed by atoms with van der Waals surface area (Å²) in [5.74, 6) is 1.21. The Kier molecular flexibility index (Phi) is 5.19. The van der Waals surface area contributed by atoms with Crippen molar-refractivity contribution < 1.29 is 9.59 Å². The first kappa shape index (κ1) is 16.9. The second-order valence-corrected chi connectivity index (χ2v) is 7.55. The summed E-state index contributed by atoms with van der Waals surface area (Å²) in [7, 11) is 1.68. The Bertz CT molecular complexity index is 411. The van der Waals surface area contributed by atoms with Crippen molar-refractivity contribution in [2.75, 3.05) is 33.2 Å². The summed E-state index contributed by atoms with van der Waals surface area (Å²) in [4.78, 5) is 27.7. The quantitative estimate of drug-likeness (QED) is 0.776. The van der Waals surface area contributed by atoms with Gasteiger partial charge in [-0.3, -0.25) is 0 Å². The molecule has 2 fully saturated rings. The van der Waals surface area contributed by atoms with E-state index in [9.17, 15) is 9.59 Å². The highest BCUT2D eigenvalue weighted by atomic mass is 16.2. The summed E-state index contributed by atoms with van der Waals surface area (Å²) in [6, 6.07) is 0.0776. The minimum Gasteiger partial charge on any atom is -0.341 e. The highest BCUT2D eigenvalue weighted by Crippen LogP contribution is 2.32. The maximum atomic E-state index is 12.2. The summed E-state index contributed by atoms with van der Waals surface area (Å²) in [6.07, 6.45) is 3.18. The van der Waals surface area contributed by atoms with Gasteiger partial charge in [0.15, 0.2) is 0 Å². The largest absolute Gasteiger partial charge is 0.341 e. The molecule has 4 amide bonds. The van der Waals surface area contributed by atoms with Gasteiger partial charge in [0.05, 0.1) is 0 Å². The fourth-order valence-electron chi connectivity index (χ4n) is 3.49. The van der Waals surface area contributed by atoms with Gasteiger partial charge in [-0.05, 0) is 51.9 Å². The first-order valence-corrected chi connectivity index (χ1v) is 8.34. The molecule has 0 aliphatic carbocycles. The number of likely N-dealkylation sites (tertiary alicyclic amines) is 2. The van der Waals surface area contributed by atoms with Crippen LogP contribution in [0.2, 0.25) is 0 Å². The Morgan fingerprint density at radius 3 is 2.00 bits per heavy atom. The van der Waals surface area contributed by atoms with Crippen LogP contribution in [0.3, 0.4) is 0 Å². The van der Waals surface area contributed by atoms with Gasteiger partial charge in [0, 0.05) is 38.8 Å². The molecule has 2 rings (SSSR count). The second-order valence-electron chi connectivity index (χ2n) is 7.55. The molecule has 22 heavy (non-hydrogen) atoms. The molecule has 0 bridgehead atoms. The number of carbonyl (C=O) groups excluding carboxylic acids is 2. The van der Waals surface area contributed by atoms with Gasteiger partial charge < -0.3 is 20.4 Å². The van der Waals surface area contributed by atoms with Crippen molar-refractivity contribution in [2.24, 2.45) is 11.8 Å². The normalized spacial score (nSPS) is 23.5. The Hall–Kier alpha value is -1.46. The van der Waals surface area contributed by atoms with Crippen molar-refractivity contribution in [2.45, 2.75) is 45.6 Å². The lowest BCUT2D eigenvalue weighted by atomic mass is 9.84. The Morgan fingerprint density at radius 2 is 1.45 bits per heavy atom. The Balaban J connectivity index is 1.79. The number of carbonyl (C=O) groups is 2. The monoisotopic (exact) mass is 310 g/mol. The molecular weight excluding hydrogens is 280 g/mol. The van der Waals surface area contributed by atoms with E-state index in [1.807, 2.05) is 30.6 Å². The molecule has 6 nitrogen and oxygen atoms in total. The number of nitrogens with zero attached hydrogens (tertiary/aromatic N) is 2. The van der Waals surface area contributed by atoms with Crippen LogP contribution in [0.15, 0.2) is 0 Å². The number of amides is 4. The summed E-state index contributed by atoms with van der Waals surface area (Å²) in [5.41, 5.74) is -0.186. The zero-order valence-corrected chi connectivity index (χ0v) is 14.3. The van der Waals surface area contributed by atoms with Crippen molar-refractivity contribution in [3.05, 3.63) is 0 Å². The molecule has 126 valence electrons. The molecule has 0 aromatic heterocycles. The van der Waals surface area contributed by atoms with E-state index in [1.54, 1.807) is 7.05 Å². The fourth-order valence-corrected chi connectivity index (χ4v) is 3.49. The second kappa shape index (κ2) is 6.75. The van der Waals surface area contributed by atoms with Crippen molar-refractivity contribution in [3.63, 3.8) is 0 Å². The molecule has 2 N–H and O–H groups in total. The van der Waals surface area contributed by atoms with Gasteiger partial charge in [0.1, 0.15) is 0 Å². The average molecular weight is 310 g/mol. The van der Waals surface area contributed by atoms with Crippen LogP contribution in [0, 0.1) is 11.8 Å². The van der Waals surface area contributed by atoms with Crippen LogP contribution in [-0.2, 0) is 0 Å². The molecule has 2 aliphatic heterocycles. The standard InChI is InChI=1S/C16H30N4O2/c1-16(2,3)18-15(22)20-10-7-13(11-20)12-5-8-19(9-6-12)14(21)17-4/h12-13H,5-11H2,1-4H3,(H,17,21)(H,18,22). The van der Waals surface area contributed by atoms with E-state index < -0.39 is 0 Å². The molecule has 2 heterocycles. The van der Waals surface area contributed by atoms with Crippen molar-refractivity contribution in [1.82, 2.24) is 20.4 Å². The van der Waals surface area contributed by atoms with Crippen molar-refractivity contribution in [3.8, 4) is 0 Å². The molecule has 0 aromatic carbocycles. The smallest absolute Gasteiger partial charge is 0.317 e. The van der Waals surface area contributed by atoms with Crippen LogP contribution in [0.1, 0.15) is 40.0 Å². The van der Waals surface area contributed by atoms with Crippen LogP contribution in [0.4, 0.5) is 9.59 Å². The highest BCUT2D eigenvalue weighted by molar-refractivity contribution is 5.75. The maximum Gasteiger partial charge on any atom is 0.317 e. The van der Waals surface area contributed by atoms with E-state index >= 15 is 0 Å². The lowest BCUT2D eigenvalue weighted by molar-refractivity contribution is 0.151. The highest BCUT2D eigenvalue weighted by Gasteiger charge is 2.35. The van der Waals surface area contributed by atoms with Gasteiger partial charge >= 0.3 is 12.1 Å². The molecule has 1 unspecified atom stereocenters. The lowest BCUT2D eigenvalue weighted by Crippen LogP contribution is -2.48. The number of piperidine rings is 1. The number of hydrogen-bond donors (Lipinski definition) is 2. The van der Waals surface area contributed by atoms with E-state index in [4.69, 9.17) is 0 Å². The summed E-state index contributed by atoms with van der Waals surface area (Å²) < 4.78 is 0. The van der Waals surface area contributed by atoms with Crippen LogP contribution in [0.25, 0.3) is 0 Å². The van der Waals surface area contributed by atoms with E-state index in [0.29, 0.717) is 11.8 Å². The Morgan fingerprint density at radius 1 is 0.909 bits per heavy atom. The van der Waals surface area contributed by atoms with Crippen LogP contribution in [0.5, 0.6) is 0 Å². The van der Waals surface area contributed by atoms with E-state index in [1.165, 1.54) is 0 Å². The summed E-state index contributed by atoms with van der Waals surface area (Å²) >= 11 is 0. The first-order chi connectivity index (χ1) is 10.3. The van der Waals surface area contributed by atoms with Gasteiger partial charge in [-0.1, -0.05) is 0 Å². The van der Waals surface area contributed by atoms with Crippen LogP contribution in [-0.4, -0.2) is 60.6 Å². The van der Waals surface area contributed by atoms with Gasteiger partial charge in [0.25, 0.3) is 0 Å².